The van der Waals surface area contributed by atoms with Crippen LogP contribution in [0.1, 0.15) is 30.4 Å². The Balaban J connectivity index is 1.03. The van der Waals surface area contributed by atoms with Gasteiger partial charge in [-0.25, -0.2) is 4.79 Å². The van der Waals surface area contributed by atoms with E-state index in [0.717, 1.165) is 16.8 Å². The summed E-state index contributed by atoms with van der Waals surface area (Å²) in [6, 6.07) is 20.0. The molecule has 9 heteroatoms. The minimum Gasteiger partial charge on any atom is -0.492 e. The second-order valence-electron chi connectivity index (χ2n) is 9.84. The molecule has 38 heavy (non-hydrogen) atoms. The lowest BCUT2D eigenvalue weighted by molar-refractivity contribution is -0.136. The molecule has 3 aliphatic heterocycles. The maximum atomic E-state index is 12.7. The highest BCUT2D eigenvalue weighted by molar-refractivity contribution is 6.03. The van der Waals surface area contributed by atoms with Gasteiger partial charge >= 0.3 is 6.09 Å². The van der Waals surface area contributed by atoms with Crippen molar-refractivity contribution in [1.82, 2.24) is 10.2 Å². The maximum absolute atomic E-state index is 12.7. The minimum atomic E-state index is -0.483. The molecule has 0 aliphatic carbocycles. The highest BCUT2D eigenvalue weighted by Gasteiger charge is 2.43. The van der Waals surface area contributed by atoms with E-state index in [1.54, 1.807) is 11.0 Å². The molecule has 0 atom stereocenters. The number of likely N-dealkylation sites (tertiary alicyclic amines) is 1. The number of carbonyl (C=O) groups is 2. The Kier molecular flexibility index (Phi) is 6.49. The number of nitrogens with one attached hydrogen (secondary N) is 1. The molecule has 196 valence electrons. The van der Waals surface area contributed by atoms with Gasteiger partial charge in [-0.2, -0.15) is 0 Å². The third-order valence-corrected chi connectivity index (χ3v) is 7.33. The van der Waals surface area contributed by atoms with Crippen LogP contribution >= 0.6 is 0 Å². The lowest BCUT2D eigenvalue weighted by atomic mass is 9.91. The summed E-state index contributed by atoms with van der Waals surface area (Å²) in [4.78, 5) is 31.6. The van der Waals surface area contributed by atoms with Gasteiger partial charge in [-0.15, -0.1) is 0 Å². The summed E-state index contributed by atoms with van der Waals surface area (Å²) < 4.78 is 17.0. The second-order valence-corrected chi connectivity index (χ2v) is 9.84. The monoisotopic (exact) mass is 515 g/mol. The molecule has 3 aromatic rings. The first-order valence-corrected chi connectivity index (χ1v) is 12.9. The fraction of sp³-hybridized carbons (Fsp3) is 0.345. The van der Waals surface area contributed by atoms with Crippen molar-refractivity contribution < 1.29 is 28.6 Å². The van der Waals surface area contributed by atoms with Crippen molar-refractivity contribution in [2.45, 2.75) is 31.5 Å². The van der Waals surface area contributed by atoms with Crippen LogP contribution < -0.4 is 14.8 Å². The molecule has 6 rings (SSSR count). The zero-order chi connectivity index (χ0) is 26.0. The van der Waals surface area contributed by atoms with E-state index < -0.39 is 5.60 Å². The van der Waals surface area contributed by atoms with Crippen LogP contribution in [0.5, 0.6) is 11.5 Å². The van der Waals surface area contributed by atoms with Crippen LogP contribution in [-0.4, -0.2) is 61.1 Å². The van der Waals surface area contributed by atoms with E-state index >= 15 is 0 Å². The lowest BCUT2D eigenvalue weighted by Gasteiger charge is -2.37. The van der Waals surface area contributed by atoms with E-state index in [0.29, 0.717) is 63.6 Å². The maximum Gasteiger partial charge on any atom is 0.407 e. The number of fused-ring (bicyclic) bond motifs is 2. The number of amides is 2. The summed E-state index contributed by atoms with van der Waals surface area (Å²) in [7, 11) is 0. The smallest absolute Gasteiger partial charge is 0.407 e. The second kappa shape index (κ2) is 10.2. The van der Waals surface area contributed by atoms with Gasteiger partial charge in [-0.1, -0.05) is 41.6 Å². The van der Waals surface area contributed by atoms with Crippen molar-refractivity contribution in [3.05, 3.63) is 71.8 Å². The summed E-state index contributed by atoms with van der Waals surface area (Å²) in [5, 5.41) is 9.47. The molecule has 0 saturated carbocycles. The van der Waals surface area contributed by atoms with Crippen LogP contribution in [0.2, 0.25) is 0 Å². The molecule has 0 aromatic heterocycles. The molecule has 9 nitrogen and oxygen atoms in total. The third kappa shape index (κ3) is 5.09. The SMILES string of the molecule is O=C1NCC2(CCN(C(=O)COc3ccc4c(c3)OCC/C4=N\OCc3ccc4ccccc4c3)CC2)O1. The van der Waals surface area contributed by atoms with Crippen LogP contribution in [0.3, 0.4) is 0 Å². The number of oxime groups is 1. The van der Waals surface area contributed by atoms with Gasteiger partial charge < -0.3 is 29.3 Å². The third-order valence-electron chi connectivity index (χ3n) is 7.33. The van der Waals surface area contributed by atoms with Crippen LogP contribution in [0.15, 0.2) is 65.8 Å². The summed E-state index contributed by atoms with van der Waals surface area (Å²) in [5.41, 5.74) is 2.25. The highest BCUT2D eigenvalue weighted by Crippen LogP contribution is 2.31. The van der Waals surface area contributed by atoms with E-state index in [1.807, 2.05) is 30.3 Å². The molecular formula is C29H29N3O6. The normalized spacial score (nSPS) is 19.0. The molecule has 3 heterocycles. The van der Waals surface area contributed by atoms with Gasteiger partial charge in [-0.3, -0.25) is 4.79 Å². The Morgan fingerprint density at radius 2 is 1.89 bits per heavy atom. The van der Waals surface area contributed by atoms with Crippen molar-refractivity contribution in [3.63, 3.8) is 0 Å². The van der Waals surface area contributed by atoms with Crippen LogP contribution in [0, 0.1) is 0 Å². The Hall–Kier alpha value is -4.27. The number of alkyl carbamates (subject to hydrolysis) is 1. The summed E-state index contributed by atoms with van der Waals surface area (Å²) in [6.07, 6.45) is 1.50. The number of hydrogen-bond donors (Lipinski definition) is 1. The Bertz CT molecular complexity index is 1400. The van der Waals surface area contributed by atoms with Crippen molar-refractivity contribution in [1.29, 1.82) is 0 Å². The fourth-order valence-corrected chi connectivity index (χ4v) is 5.13. The summed E-state index contributed by atoms with van der Waals surface area (Å²) in [6.45, 7) is 2.36. The van der Waals surface area contributed by atoms with Crippen LogP contribution in [0.25, 0.3) is 10.8 Å². The Labute approximate surface area is 220 Å². The van der Waals surface area contributed by atoms with Gasteiger partial charge in [0.25, 0.3) is 5.91 Å². The molecule has 0 unspecified atom stereocenters. The van der Waals surface area contributed by atoms with Gasteiger partial charge in [0.1, 0.15) is 23.7 Å². The van der Waals surface area contributed by atoms with Crippen LogP contribution in [0.4, 0.5) is 4.79 Å². The predicted octanol–water partition coefficient (Wildman–Crippen LogP) is 4.02. The lowest BCUT2D eigenvalue weighted by Crippen LogP contribution is -2.49. The largest absolute Gasteiger partial charge is 0.492 e. The Morgan fingerprint density at radius 1 is 1.05 bits per heavy atom. The highest BCUT2D eigenvalue weighted by atomic mass is 16.6. The fourth-order valence-electron chi connectivity index (χ4n) is 5.13. The topological polar surface area (TPSA) is 98.7 Å². The Morgan fingerprint density at radius 3 is 2.71 bits per heavy atom. The number of carbonyl (C=O) groups excluding carboxylic acids is 2. The van der Waals surface area contributed by atoms with E-state index in [2.05, 4.69) is 34.7 Å². The first-order chi connectivity index (χ1) is 18.6. The van der Waals surface area contributed by atoms with E-state index in [-0.39, 0.29) is 18.6 Å². The summed E-state index contributed by atoms with van der Waals surface area (Å²) >= 11 is 0. The number of hydrogen-bond acceptors (Lipinski definition) is 7. The molecule has 3 aromatic carbocycles. The molecule has 1 spiro atoms. The number of rotatable bonds is 6. The van der Waals surface area contributed by atoms with E-state index in [4.69, 9.17) is 19.0 Å². The van der Waals surface area contributed by atoms with Gasteiger partial charge in [-0.05, 0) is 34.5 Å². The molecule has 0 radical (unpaired) electrons. The number of piperidine rings is 1. The zero-order valence-corrected chi connectivity index (χ0v) is 21.0. The molecule has 0 bridgehead atoms. The van der Waals surface area contributed by atoms with Crippen molar-refractivity contribution in [2.75, 3.05) is 32.8 Å². The molecule has 2 amide bonds. The summed E-state index contributed by atoms with van der Waals surface area (Å²) in [5.74, 6) is 1.11. The van der Waals surface area contributed by atoms with Crippen molar-refractivity contribution in [3.8, 4) is 11.5 Å². The van der Waals surface area contributed by atoms with Gasteiger partial charge in [0.2, 0.25) is 0 Å². The number of benzene rings is 3. The van der Waals surface area contributed by atoms with Crippen molar-refractivity contribution in [2.24, 2.45) is 5.16 Å². The standard InChI is InChI=1S/C29H29N3O6/c33-27(32-12-10-29(11-13-32)19-30-28(34)38-29)18-36-23-7-8-24-25(9-14-35-26(24)16-23)31-37-17-20-5-6-21-3-1-2-4-22(21)15-20/h1-8,15-16H,9-14,17-19H2,(H,30,34)/b31-25+. The average Bonchev–Trinajstić information content (AvgIpc) is 3.31. The predicted molar refractivity (Wildman–Crippen MR) is 140 cm³/mol. The zero-order valence-electron chi connectivity index (χ0n) is 21.0. The van der Waals surface area contributed by atoms with Gasteiger partial charge in [0.05, 0.1) is 18.9 Å². The molecular weight excluding hydrogens is 486 g/mol. The van der Waals surface area contributed by atoms with E-state index in [1.165, 1.54) is 10.8 Å². The van der Waals surface area contributed by atoms with Crippen molar-refractivity contribution >= 4 is 28.5 Å². The minimum absolute atomic E-state index is 0.0698. The first kappa shape index (κ1) is 24.1. The van der Waals surface area contributed by atoms with E-state index in [9.17, 15) is 9.59 Å². The quantitative estimate of drug-likeness (QED) is 0.498. The first-order valence-electron chi connectivity index (χ1n) is 12.9. The average molecular weight is 516 g/mol. The molecule has 2 fully saturated rings. The molecule has 3 aliphatic rings. The van der Waals surface area contributed by atoms with Gasteiger partial charge in [0.15, 0.2) is 6.61 Å². The number of nitrogens with zero attached hydrogens (tertiary/aromatic N) is 2. The van der Waals surface area contributed by atoms with Crippen LogP contribution in [-0.2, 0) is 21.0 Å². The number of ether oxygens (including phenoxy) is 3. The molecule has 2 saturated heterocycles. The van der Waals surface area contributed by atoms with Gasteiger partial charge in [0, 0.05) is 44.0 Å². The molecule has 1 N–H and O–H groups in total.